The summed E-state index contributed by atoms with van der Waals surface area (Å²) in [4.78, 5) is 18.4. The summed E-state index contributed by atoms with van der Waals surface area (Å²) >= 11 is 1.47. The van der Waals surface area contributed by atoms with Crippen molar-refractivity contribution in [1.29, 1.82) is 0 Å². The first-order valence-corrected chi connectivity index (χ1v) is 10.0. The van der Waals surface area contributed by atoms with E-state index in [-0.39, 0.29) is 5.91 Å². The second-order valence-electron chi connectivity index (χ2n) is 6.61. The van der Waals surface area contributed by atoms with Gasteiger partial charge in [0.1, 0.15) is 5.75 Å². The number of methoxy groups -OCH3 is 1. The molecule has 0 bridgehead atoms. The molecule has 0 aliphatic rings. The van der Waals surface area contributed by atoms with Gasteiger partial charge in [0.25, 0.3) is 5.91 Å². The Morgan fingerprint density at radius 2 is 1.59 bits per heavy atom. The van der Waals surface area contributed by atoms with Crippen molar-refractivity contribution in [2.75, 3.05) is 12.4 Å². The van der Waals surface area contributed by atoms with Crippen LogP contribution in [0.4, 0.5) is 5.13 Å². The third-order valence-corrected chi connectivity index (χ3v) is 5.58. The van der Waals surface area contributed by atoms with E-state index in [4.69, 9.17) is 9.72 Å². The van der Waals surface area contributed by atoms with Crippen LogP contribution in [0.25, 0.3) is 21.7 Å². The van der Waals surface area contributed by atoms with Gasteiger partial charge in [-0.1, -0.05) is 59.4 Å². The van der Waals surface area contributed by atoms with Gasteiger partial charge >= 0.3 is 0 Å². The number of benzene rings is 3. The van der Waals surface area contributed by atoms with E-state index in [0.29, 0.717) is 10.7 Å². The first-order valence-electron chi connectivity index (χ1n) is 9.23. The van der Waals surface area contributed by atoms with Gasteiger partial charge in [0.05, 0.1) is 17.7 Å². The molecular weight excluding hydrogens is 380 g/mol. The lowest BCUT2D eigenvalue weighted by Gasteiger charge is -2.04. The van der Waals surface area contributed by atoms with Crippen LogP contribution >= 0.6 is 11.3 Å². The highest BCUT2D eigenvalue weighted by Gasteiger charge is 2.17. The van der Waals surface area contributed by atoms with Crippen LogP contribution < -0.4 is 10.1 Å². The average Bonchev–Trinajstić information content (AvgIpc) is 3.18. The number of ether oxygens (including phenoxy) is 1. The summed E-state index contributed by atoms with van der Waals surface area (Å²) in [6.07, 6.45) is 0. The van der Waals surface area contributed by atoms with Gasteiger partial charge in [-0.05, 0) is 48.9 Å². The maximum atomic E-state index is 12.6. The number of nitrogens with one attached hydrogen (secondary N) is 1. The van der Waals surface area contributed by atoms with Crippen LogP contribution in [-0.4, -0.2) is 18.0 Å². The highest BCUT2D eigenvalue weighted by atomic mass is 32.1. The highest BCUT2D eigenvalue weighted by molar-refractivity contribution is 7.19. The van der Waals surface area contributed by atoms with E-state index in [9.17, 15) is 4.79 Å². The largest absolute Gasteiger partial charge is 0.497 e. The SMILES string of the molecule is COc1ccc(-c2nc(NC(=O)c3ccc(C)cc3)sc2-c2ccccc2)cc1. The van der Waals surface area contributed by atoms with Crippen molar-refractivity contribution in [2.24, 2.45) is 0 Å². The Bertz CT molecular complexity index is 1120. The van der Waals surface area contributed by atoms with Crippen molar-refractivity contribution < 1.29 is 9.53 Å². The smallest absolute Gasteiger partial charge is 0.257 e. The molecule has 0 saturated heterocycles. The Morgan fingerprint density at radius 1 is 0.897 bits per heavy atom. The van der Waals surface area contributed by atoms with Gasteiger partial charge in [0.15, 0.2) is 5.13 Å². The first kappa shape index (κ1) is 18.9. The minimum absolute atomic E-state index is 0.167. The fourth-order valence-corrected chi connectivity index (χ4v) is 3.97. The number of hydrogen-bond donors (Lipinski definition) is 1. The zero-order valence-corrected chi connectivity index (χ0v) is 17.0. The lowest BCUT2D eigenvalue weighted by Crippen LogP contribution is -2.11. The third-order valence-electron chi connectivity index (χ3n) is 4.56. The number of amides is 1. The van der Waals surface area contributed by atoms with Crippen LogP contribution in [0.15, 0.2) is 78.9 Å². The standard InChI is InChI=1S/C24H20N2O2S/c1-16-8-10-19(11-9-16)23(27)26-24-25-21(17-12-14-20(28-2)15-13-17)22(29-24)18-6-4-3-5-7-18/h3-15H,1-2H3,(H,25,26,27). The number of thiazole rings is 1. The van der Waals surface area contributed by atoms with Gasteiger partial charge in [-0.15, -0.1) is 0 Å². The van der Waals surface area contributed by atoms with E-state index in [1.165, 1.54) is 11.3 Å². The van der Waals surface area contributed by atoms with E-state index < -0.39 is 0 Å². The van der Waals surface area contributed by atoms with Crippen molar-refractivity contribution in [3.63, 3.8) is 0 Å². The molecule has 0 fully saturated rings. The number of hydrogen-bond acceptors (Lipinski definition) is 4. The quantitative estimate of drug-likeness (QED) is 0.444. The molecule has 1 amide bonds. The Labute approximate surface area is 173 Å². The third kappa shape index (κ3) is 4.20. The number of aryl methyl sites for hydroxylation is 1. The number of carbonyl (C=O) groups is 1. The molecule has 1 N–H and O–H groups in total. The molecule has 4 rings (SSSR count). The van der Waals surface area contributed by atoms with Crippen LogP contribution in [0.3, 0.4) is 0 Å². The fourth-order valence-electron chi connectivity index (χ4n) is 2.98. The van der Waals surface area contributed by atoms with Gasteiger partial charge in [0.2, 0.25) is 0 Å². The van der Waals surface area contributed by atoms with Crippen LogP contribution in [0.5, 0.6) is 5.75 Å². The van der Waals surface area contributed by atoms with Gasteiger partial charge in [0, 0.05) is 11.1 Å². The van der Waals surface area contributed by atoms with E-state index in [1.54, 1.807) is 7.11 Å². The summed E-state index contributed by atoms with van der Waals surface area (Å²) in [6.45, 7) is 2.00. The molecule has 0 aliphatic heterocycles. The molecule has 4 aromatic rings. The molecule has 0 unspecified atom stereocenters. The van der Waals surface area contributed by atoms with E-state index in [1.807, 2.05) is 85.8 Å². The summed E-state index contributed by atoms with van der Waals surface area (Å²) in [5.74, 6) is 0.623. The first-order chi connectivity index (χ1) is 14.1. The molecule has 1 heterocycles. The lowest BCUT2D eigenvalue weighted by atomic mass is 10.1. The second kappa shape index (κ2) is 8.29. The fraction of sp³-hybridized carbons (Fsp3) is 0.0833. The van der Waals surface area contributed by atoms with Crippen LogP contribution in [0, 0.1) is 6.92 Å². The second-order valence-corrected chi connectivity index (χ2v) is 7.61. The number of anilines is 1. The Balaban J connectivity index is 1.71. The van der Waals surface area contributed by atoms with Crippen LogP contribution in [0.1, 0.15) is 15.9 Å². The zero-order valence-electron chi connectivity index (χ0n) is 16.2. The molecule has 144 valence electrons. The molecule has 0 saturated carbocycles. The summed E-state index contributed by atoms with van der Waals surface area (Å²) in [6, 6.07) is 25.3. The molecule has 4 nitrogen and oxygen atoms in total. The Morgan fingerprint density at radius 3 is 2.24 bits per heavy atom. The number of carbonyl (C=O) groups excluding carboxylic acids is 1. The molecule has 5 heteroatoms. The summed E-state index contributed by atoms with van der Waals surface area (Å²) in [7, 11) is 1.64. The van der Waals surface area contributed by atoms with Crippen LogP contribution in [0.2, 0.25) is 0 Å². The van der Waals surface area contributed by atoms with E-state index >= 15 is 0 Å². The minimum Gasteiger partial charge on any atom is -0.497 e. The van der Waals surface area contributed by atoms with E-state index in [2.05, 4.69) is 5.32 Å². The van der Waals surface area contributed by atoms with Gasteiger partial charge in [-0.3, -0.25) is 10.1 Å². The molecule has 0 atom stereocenters. The molecule has 3 aromatic carbocycles. The predicted octanol–water partition coefficient (Wildman–Crippen LogP) is 6.05. The molecular formula is C24H20N2O2S. The molecule has 29 heavy (non-hydrogen) atoms. The van der Waals surface area contributed by atoms with Gasteiger partial charge < -0.3 is 4.74 Å². The molecule has 0 spiro atoms. The van der Waals surface area contributed by atoms with Gasteiger partial charge in [-0.2, -0.15) is 0 Å². The van der Waals surface area contributed by atoms with Crippen molar-refractivity contribution in [3.05, 3.63) is 90.0 Å². The van der Waals surface area contributed by atoms with Crippen molar-refractivity contribution in [1.82, 2.24) is 4.98 Å². The summed E-state index contributed by atoms with van der Waals surface area (Å²) in [5, 5.41) is 3.51. The van der Waals surface area contributed by atoms with Gasteiger partial charge in [-0.25, -0.2) is 4.98 Å². The molecule has 1 aromatic heterocycles. The molecule has 0 radical (unpaired) electrons. The normalized spacial score (nSPS) is 10.6. The average molecular weight is 401 g/mol. The number of nitrogens with zero attached hydrogens (tertiary/aromatic N) is 1. The summed E-state index contributed by atoms with van der Waals surface area (Å²) < 4.78 is 5.26. The van der Waals surface area contributed by atoms with E-state index in [0.717, 1.165) is 33.0 Å². The molecule has 0 aliphatic carbocycles. The predicted molar refractivity (Wildman–Crippen MR) is 119 cm³/mol. The number of rotatable bonds is 5. The zero-order chi connectivity index (χ0) is 20.2. The topological polar surface area (TPSA) is 51.2 Å². The Hall–Kier alpha value is -3.44. The monoisotopic (exact) mass is 400 g/mol. The maximum absolute atomic E-state index is 12.6. The maximum Gasteiger partial charge on any atom is 0.257 e. The lowest BCUT2D eigenvalue weighted by molar-refractivity contribution is 0.102. The number of aromatic nitrogens is 1. The minimum atomic E-state index is -0.167. The Kier molecular flexibility index (Phi) is 5.40. The van der Waals surface area contributed by atoms with Crippen molar-refractivity contribution in [3.8, 4) is 27.4 Å². The van der Waals surface area contributed by atoms with Crippen molar-refractivity contribution in [2.45, 2.75) is 6.92 Å². The van der Waals surface area contributed by atoms with Crippen LogP contribution in [-0.2, 0) is 0 Å². The summed E-state index contributed by atoms with van der Waals surface area (Å²) in [5.41, 5.74) is 4.59. The van der Waals surface area contributed by atoms with Crippen molar-refractivity contribution >= 4 is 22.4 Å². The highest BCUT2D eigenvalue weighted by Crippen LogP contribution is 2.39.